The van der Waals surface area contributed by atoms with Gasteiger partial charge < -0.3 is 9.84 Å². The Hall–Kier alpha value is -1.87. The molecular weight excluding hydrogens is 250 g/mol. The zero-order valence-electron chi connectivity index (χ0n) is 11.9. The van der Waals surface area contributed by atoms with Crippen molar-refractivity contribution in [3.63, 3.8) is 0 Å². The van der Waals surface area contributed by atoms with Crippen molar-refractivity contribution in [3.05, 3.63) is 58.4 Å². The van der Waals surface area contributed by atoms with E-state index in [2.05, 4.69) is 11.1 Å². The van der Waals surface area contributed by atoms with Crippen LogP contribution >= 0.6 is 0 Å². The minimum Gasteiger partial charge on any atom is -0.493 e. The number of aryl methyl sites for hydroxylation is 3. The molecule has 3 heteroatoms. The number of hydrogen-bond acceptors (Lipinski definition) is 3. The predicted octanol–water partition coefficient (Wildman–Crippen LogP) is 3.11. The van der Waals surface area contributed by atoms with Gasteiger partial charge in [-0.2, -0.15) is 0 Å². The smallest absolute Gasteiger partial charge is 0.128 e. The molecule has 1 aromatic carbocycles. The molecule has 0 aliphatic carbocycles. The lowest BCUT2D eigenvalue weighted by molar-refractivity contribution is 0.202. The third-order valence-electron chi connectivity index (χ3n) is 3.77. The van der Waals surface area contributed by atoms with Crippen LogP contribution in [0.15, 0.2) is 30.5 Å². The van der Waals surface area contributed by atoms with Gasteiger partial charge in [0.1, 0.15) is 11.9 Å². The van der Waals surface area contributed by atoms with E-state index in [0.29, 0.717) is 5.69 Å². The number of hydrogen-bond donors (Lipinski definition) is 1. The minimum atomic E-state index is -0.733. The van der Waals surface area contributed by atoms with Crippen molar-refractivity contribution < 1.29 is 9.84 Å². The fourth-order valence-corrected chi connectivity index (χ4v) is 2.79. The number of aliphatic hydroxyl groups excluding tert-OH is 1. The molecule has 0 fully saturated rings. The van der Waals surface area contributed by atoms with E-state index in [1.54, 1.807) is 6.20 Å². The number of aromatic nitrogens is 1. The molecule has 2 heterocycles. The average Bonchev–Trinajstić information content (AvgIpc) is 2.46. The van der Waals surface area contributed by atoms with Crippen molar-refractivity contribution in [3.8, 4) is 5.75 Å². The molecule has 0 bridgehead atoms. The third kappa shape index (κ3) is 2.29. The van der Waals surface area contributed by atoms with Gasteiger partial charge in [0.25, 0.3) is 0 Å². The molecule has 2 aromatic rings. The molecule has 1 N–H and O–H groups in total. The van der Waals surface area contributed by atoms with Crippen LogP contribution < -0.4 is 4.74 Å². The number of pyridine rings is 1. The Labute approximate surface area is 119 Å². The first-order valence-electron chi connectivity index (χ1n) is 7.02. The molecule has 1 aromatic heterocycles. The summed E-state index contributed by atoms with van der Waals surface area (Å²) in [4.78, 5) is 4.40. The van der Waals surface area contributed by atoms with Crippen LogP contribution in [0.3, 0.4) is 0 Å². The second kappa shape index (κ2) is 5.25. The van der Waals surface area contributed by atoms with Gasteiger partial charge in [0, 0.05) is 11.8 Å². The third-order valence-corrected chi connectivity index (χ3v) is 3.77. The summed E-state index contributed by atoms with van der Waals surface area (Å²) < 4.78 is 5.77. The summed E-state index contributed by atoms with van der Waals surface area (Å²) in [5.74, 6) is 0.841. The summed E-state index contributed by atoms with van der Waals surface area (Å²) in [5.41, 5.74) is 4.81. The van der Waals surface area contributed by atoms with Gasteiger partial charge in [0.15, 0.2) is 0 Å². The Morgan fingerprint density at radius 3 is 2.95 bits per heavy atom. The number of para-hydroxylation sites is 1. The highest BCUT2D eigenvalue weighted by molar-refractivity contribution is 5.47. The largest absolute Gasteiger partial charge is 0.493 e. The molecule has 0 radical (unpaired) electrons. The van der Waals surface area contributed by atoms with E-state index in [1.807, 2.05) is 32.0 Å². The van der Waals surface area contributed by atoms with Crippen molar-refractivity contribution in [1.29, 1.82) is 0 Å². The Bertz CT molecular complexity index is 637. The van der Waals surface area contributed by atoms with Crippen molar-refractivity contribution in [2.24, 2.45) is 0 Å². The summed E-state index contributed by atoms with van der Waals surface area (Å²) in [6, 6.07) is 8.02. The summed E-state index contributed by atoms with van der Waals surface area (Å²) in [6.07, 6.45) is 3.11. The van der Waals surface area contributed by atoms with Crippen molar-refractivity contribution in [2.75, 3.05) is 6.61 Å². The maximum atomic E-state index is 10.7. The maximum Gasteiger partial charge on any atom is 0.128 e. The first-order chi connectivity index (χ1) is 9.66. The van der Waals surface area contributed by atoms with Gasteiger partial charge in [0.2, 0.25) is 0 Å². The highest BCUT2D eigenvalue weighted by atomic mass is 16.5. The molecule has 1 aliphatic heterocycles. The van der Waals surface area contributed by atoms with E-state index in [1.165, 1.54) is 5.56 Å². The Kier molecular flexibility index (Phi) is 3.45. The molecule has 1 unspecified atom stereocenters. The van der Waals surface area contributed by atoms with Crippen LogP contribution in [-0.4, -0.2) is 16.7 Å². The van der Waals surface area contributed by atoms with Crippen molar-refractivity contribution in [1.82, 2.24) is 4.98 Å². The fraction of sp³-hybridized carbons (Fsp3) is 0.353. The molecule has 3 nitrogen and oxygen atoms in total. The number of aliphatic hydroxyl groups is 1. The first-order valence-corrected chi connectivity index (χ1v) is 7.02. The van der Waals surface area contributed by atoms with Crippen LogP contribution in [0.4, 0.5) is 0 Å². The van der Waals surface area contributed by atoms with Gasteiger partial charge >= 0.3 is 0 Å². The molecule has 20 heavy (non-hydrogen) atoms. The molecule has 0 amide bonds. The Balaban J connectivity index is 2.04. The summed E-state index contributed by atoms with van der Waals surface area (Å²) >= 11 is 0. The van der Waals surface area contributed by atoms with Gasteiger partial charge in [-0.05, 0) is 43.4 Å². The minimum absolute atomic E-state index is 0.707. The summed E-state index contributed by atoms with van der Waals surface area (Å²) in [5, 5.41) is 10.7. The van der Waals surface area contributed by atoms with Gasteiger partial charge in [-0.3, -0.25) is 4.98 Å². The van der Waals surface area contributed by atoms with Crippen LogP contribution in [0.2, 0.25) is 0 Å². The van der Waals surface area contributed by atoms with Gasteiger partial charge in [-0.1, -0.05) is 24.3 Å². The molecule has 0 spiro atoms. The zero-order valence-corrected chi connectivity index (χ0v) is 11.9. The van der Waals surface area contributed by atoms with E-state index in [0.717, 1.165) is 41.9 Å². The van der Waals surface area contributed by atoms with E-state index in [-0.39, 0.29) is 0 Å². The highest BCUT2D eigenvalue weighted by Gasteiger charge is 2.22. The molecule has 3 rings (SSSR count). The van der Waals surface area contributed by atoms with Crippen LogP contribution in [-0.2, 0) is 6.42 Å². The average molecular weight is 269 g/mol. The lowest BCUT2D eigenvalue weighted by Crippen LogP contribution is -2.13. The van der Waals surface area contributed by atoms with Crippen molar-refractivity contribution >= 4 is 0 Å². The van der Waals surface area contributed by atoms with Crippen LogP contribution in [0.5, 0.6) is 5.75 Å². The van der Waals surface area contributed by atoms with Gasteiger partial charge in [-0.25, -0.2) is 0 Å². The summed E-state index contributed by atoms with van der Waals surface area (Å²) in [6.45, 7) is 4.70. The summed E-state index contributed by atoms with van der Waals surface area (Å²) in [7, 11) is 0. The van der Waals surface area contributed by atoms with Gasteiger partial charge in [0.05, 0.1) is 12.3 Å². The first kappa shape index (κ1) is 13.1. The lowest BCUT2D eigenvalue weighted by atomic mass is 9.96. The maximum absolute atomic E-state index is 10.7. The highest BCUT2D eigenvalue weighted by Crippen LogP contribution is 2.35. The van der Waals surface area contributed by atoms with Crippen molar-refractivity contribution in [2.45, 2.75) is 32.8 Å². The van der Waals surface area contributed by atoms with E-state index in [9.17, 15) is 5.11 Å². The molecule has 104 valence electrons. The molecule has 1 atom stereocenters. The predicted molar refractivity (Wildman–Crippen MR) is 78.0 cm³/mol. The molecule has 1 aliphatic rings. The lowest BCUT2D eigenvalue weighted by Gasteiger charge is -2.23. The number of rotatable bonds is 2. The SMILES string of the molecule is Cc1cnc(C(O)c2cccc3c2OCCC3)c(C)c1. The number of benzene rings is 1. The van der Waals surface area contributed by atoms with Gasteiger partial charge in [-0.15, -0.1) is 0 Å². The zero-order chi connectivity index (χ0) is 14.1. The second-order valence-corrected chi connectivity index (χ2v) is 5.40. The Morgan fingerprint density at radius 1 is 1.30 bits per heavy atom. The topological polar surface area (TPSA) is 42.4 Å². The quantitative estimate of drug-likeness (QED) is 0.911. The van der Waals surface area contributed by atoms with Crippen LogP contribution in [0.1, 0.15) is 40.5 Å². The second-order valence-electron chi connectivity index (χ2n) is 5.40. The monoisotopic (exact) mass is 269 g/mol. The Morgan fingerprint density at radius 2 is 2.15 bits per heavy atom. The standard InChI is InChI=1S/C17H19NO2/c1-11-9-12(2)15(18-10-11)16(19)14-7-3-5-13-6-4-8-20-17(13)14/h3,5,7,9-10,16,19H,4,6,8H2,1-2H3. The van der Waals surface area contributed by atoms with E-state index < -0.39 is 6.10 Å². The van der Waals surface area contributed by atoms with E-state index >= 15 is 0 Å². The normalized spacial score (nSPS) is 15.3. The number of ether oxygens (including phenoxy) is 1. The molecule has 0 saturated heterocycles. The number of fused-ring (bicyclic) bond motifs is 1. The van der Waals surface area contributed by atoms with Crippen LogP contribution in [0.25, 0.3) is 0 Å². The fourth-order valence-electron chi connectivity index (χ4n) is 2.79. The van der Waals surface area contributed by atoms with Crippen LogP contribution in [0, 0.1) is 13.8 Å². The van der Waals surface area contributed by atoms with E-state index in [4.69, 9.17) is 4.74 Å². The molecular formula is C17H19NO2. The number of nitrogens with zero attached hydrogens (tertiary/aromatic N) is 1. The molecule has 0 saturated carbocycles.